The summed E-state index contributed by atoms with van der Waals surface area (Å²) in [6, 6.07) is 5.17. The van der Waals surface area contributed by atoms with Gasteiger partial charge in [0.05, 0.1) is 5.69 Å². The van der Waals surface area contributed by atoms with Gasteiger partial charge < -0.3 is 10.2 Å². The number of carbonyl (C=O) groups excluding carboxylic acids is 1. The Hall–Kier alpha value is -1.89. The third-order valence-electron chi connectivity index (χ3n) is 6.04. The fourth-order valence-corrected chi connectivity index (χ4v) is 5.69. The largest absolute Gasteiger partial charge is 0.349 e. The van der Waals surface area contributed by atoms with Crippen molar-refractivity contribution >= 4 is 27.5 Å². The molecule has 0 spiro atoms. The van der Waals surface area contributed by atoms with E-state index >= 15 is 0 Å². The van der Waals surface area contributed by atoms with Gasteiger partial charge in [0.2, 0.25) is 0 Å². The highest BCUT2D eigenvalue weighted by molar-refractivity contribution is 7.90. The number of amidine groups is 1. The lowest BCUT2D eigenvalue weighted by molar-refractivity contribution is 0.0910. The SMILES string of the molecule is C[C@@H]1CCCC[C@@H]1NC(=O)c1ccc2c(c1)S(=O)(=O)N=C1CCCCCN12. The van der Waals surface area contributed by atoms with Gasteiger partial charge >= 0.3 is 0 Å². The fourth-order valence-electron chi connectivity index (χ4n) is 4.40. The number of hydrogen-bond acceptors (Lipinski definition) is 4. The van der Waals surface area contributed by atoms with E-state index in [1.807, 2.05) is 4.90 Å². The third-order valence-corrected chi connectivity index (χ3v) is 7.37. The minimum atomic E-state index is -3.76. The summed E-state index contributed by atoms with van der Waals surface area (Å²) in [6.45, 7) is 2.93. The lowest BCUT2D eigenvalue weighted by Gasteiger charge is -2.31. The van der Waals surface area contributed by atoms with E-state index in [1.165, 1.54) is 12.5 Å². The Morgan fingerprint density at radius 1 is 1.15 bits per heavy atom. The third kappa shape index (κ3) is 3.61. The zero-order valence-electron chi connectivity index (χ0n) is 15.8. The number of amides is 1. The number of hydrogen-bond donors (Lipinski definition) is 1. The van der Waals surface area contributed by atoms with E-state index < -0.39 is 10.0 Å². The molecule has 1 saturated heterocycles. The van der Waals surface area contributed by atoms with E-state index in [1.54, 1.807) is 12.1 Å². The van der Waals surface area contributed by atoms with Crippen molar-refractivity contribution in [2.45, 2.75) is 69.2 Å². The molecular formula is C20H27N3O3S. The highest BCUT2D eigenvalue weighted by Crippen LogP contribution is 2.35. The first kappa shape index (κ1) is 18.5. The molecule has 2 aliphatic heterocycles. The number of benzene rings is 1. The van der Waals surface area contributed by atoms with Crippen molar-refractivity contribution in [3.63, 3.8) is 0 Å². The molecule has 2 heterocycles. The molecule has 7 heteroatoms. The molecule has 0 aromatic heterocycles. The maximum Gasteiger partial charge on any atom is 0.286 e. The summed E-state index contributed by atoms with van der Waals surface area (Å²) in [7, 11) is -3.76. The smallest absolute Gasteiger partial charge is 0.286 e. The van der Waals surface area contributed by atoms with Crippen molar-refractivity contribution in [3.05, 3.63) is 23.8 Å². The minimum Gasteiger partial charge on any atom is -0.349 e. The van der Waals surface area contributed by atoms with Crippen LogP contribution in [0.15, 0.2) is 27.5 Å². The van der Waals surface area contributed by atoms with E-state index in [4.69, 9.17) is 0 Å². The monoisotopic (exact) mass is 389 g/mol. The summed E-state index contributed by atoms with van der Waals surface area (Å²) >= 11 is 0. The van der Waals surface area contributed by atoms with Crippen LogP contribution in [0.2, 0.25) is 0 Å². The molecule has 4 rings (SSSR count). The molecule has 0 bridgehead atoms. The predicted molar refractivity (Wildman–Crippen MR) is 106 cm³/mol. The first-order chi connectivity index (χ1) is 13.0. The number of nitrogens with one attached hydrogen (secondary N) is 1. The van der Waals surface area contributed by atoms with Crippen molar-refractivity contribution in [3.8, 4) is 0 Å². The molecular weight excluding hydrogens is 362 g/mol. The zero-order chi connectivity index (χ0) is 19.0. The van der Waals surface area contributed by atoms with E-state index in [0.717, 1.165) is 45.1 Å². The molecule has 2 atom stereocenters. The van der Waals surface area contributed by atoms with Crippen LogP contribution in [0.25, 0.3) is 0 Å². The highest BCUT2D eigenvalue weighted by Gasteiger charge is 2.32. The average molecular weight is 390 g/mol. The fraction of sp³-hybridized carbons (Fsp3) is 0.600. The molecule has 0 radical (unpaired) electrons. The van der Waals surface area contributed by atoms with Gasteiger partial charge in [0, 0.05) is 24.6 Å². The molecule has 1 aromatic carbocycles. The Morgan fingerprint density at radius 2 is 1.96 bits per heavy atom. The number of fused-ring (bicyclic) bond motifs is 3. The van der Waals surface area contributed by atoms with Gasteiger partial charge in [0.15, 0.2) is 0 Å². The Labute approximate surface area is 161 Å². The molecule has 1 aliphatic carbocycles. The van der Waals surface area contributed by atoms with Crippen molar-refractivity contribution in [1.82, 2.24) is 5.32 Å². The first-order valence-corrected chi connectivity index (χ1v) is 11.5. The summed E-state index contributed by atoms with van der Waals surface area (Å²) in [6.07, 6.45) is 8.17. The van der Waals surface area contributed by atoms with Crippen LogP contribution in [0.5, 0.6) is 0 Å². The molecule has 146 valence electrons. The summed E-state index contributed by atoms with van der Waals surface area (Å²) in [4.78, 5) is 14.9. The maximum atomic E-state index is 12.7. The first-order valence-electron chi connectivity index (χ1n) is 10.0. The van der Waals surface area contributed by atoms with Crippen LogP contribution in [0.4, 0.5) is 5.69 Å². The zero-order valence-corrected chi connectivity index (χ0v) is 16.6. The van der Waals surface area contributed by atoms with Crippen LogP contribution in [0.3, 0.4) is 0 Å². The summed E-state index contributed by atoms with van der Waals surface area (Å²) < 4.78 is 29.5. The minimum absolute atomic E-state index is 0.150. The number of anilines is 1. The second kappa shape index (κ2) is 7.26. The second-order valence-electron chi connectivity index (χ2n) is 7.97. The van der Waals surface area contributed by atoms with Crippen LogP contribution in [-0.4, -0.2) is 32.7 Å². The van der Waals surface area contributed by atoms with Crippen LogP contribution in [-0.2, 0) is 10.0 Å². The van der Waals surface area contributed by atoms with Gasteiger partial charge in [-0.1, -0.05) is 26.2 Å². The molecule has 1 N–H and O–H groups in total. The molecule has 1 amide bonds. The van der Waals surface area contributed by atoms with Crippen LogP contribution < -0.4 is 10.2 Å². The quantitative estimate of drug-likeness (QED) is 0.840. The van der Waals surface area contributed by atoms with Gasteiger partial charge in [-0.05, 0) is 49.8 Å². The van der Waals surface area contributed by atoms with Gasteiger partial charge in [0.25, 0.3) is 15.9 Å². The Morgan fingerprint density at radius 3 is 2.78 bits per heavy atom. The number of nitrogens with zero attached hydrogens (tertiary/aromatic N) is 2. The Bertz CT molecular complexity index is 878. The predicted octanol–water partition coefficient (Wildman–Crippen LogP) is 3.48. The number of carbonyl (C=O) groups is 1. The van der Waals surface area contributed by atoms with Gasteiger partial charge in [-0.25, -0.2) is 0 Å². The molecule has 6 nitrogen and oxygen atoms in total. The van der Waals surface area contributed by atoms with Crippen molar-refractivity contribution in [2.24, 2.45) is 10.3 Å². The van der Waals surface area contributed by atoms with Crippen LogP contribution in [0, 0.1) is 5.92 Å². The van der Waals surface area contributed by atoms with Gasteiger partial charge in [0.1, 0.15) is 10.7 Å². The molecule has 1 saturated carbocycles. The molecule has 2 fully saturated rings. The highest BCUT2D eigenvalue weighted by atomic mass is 32.2. The standard InChI is InChI=1S/C20H27N3O3S/c1-14-7-4-5-8-16(14)21-20(24)15-10-11-17-18(13-15)27(25,26)22-19-9-3-2-6-12-23(17)19/h10-11,13-14,16H,2-9,12H2,1H3,(H,21,24)/t14-,16+/m1/s1. The average Bonchev–Trinajstić information content (AvgIpc) is 2.88. The molecule has 1 aromatic rings. The molecule has 0 unspecified atom stereocenters. The van der Waals surface area contributed by atoms with E-state index in [2.05, 4.69) is 16.6 Å². The van der Waals surface area contributed by atoms with Crippen LogP contribution in [0.1, 0.15) is 68.6 Å². The lowest BCUT2D eigenvalue weighted by atomic mass is 9.86. The van der Waals surface area contributed by atoms with E-state index in [9.17, 15) is 13.2 Å². The van der Waals surface area contributed by atoms with Gasteiger partial charge in [-0.3, -0.25) is 4.79 Å². The topological polar surface area (TPSA) is 78.8 Å². The van der Waals surface area contributed by atoms with Crippen LogP contribution >= 0.6 is 0 Å². The van der Waals surface area contributed by atoms with Gasteiger partial charge in [-0.15, -0.1) is 4.40 Å². The van der Waals surface area contributed by atoms with E-state index in [0.29, 0.717) is 29.4 Å². The van der Waals surface area contributed by atoms with Crippen molar-refractivity contribution in [2.75, 3.05) is 11.4 Å². The summed E-state index contributed by atoms with van der Waals surface area (Å²) in [5, 5.41) is 3.10. The second-order valence-corrected chi connectivity index (χ2v) is 9.54. The summed E-state index contributed by atoms with van der Waals surface area (Å²) in [5.74, 6) is 0.888. The molecule has 3 aliphatic rings. The number of sulfonamides is 1. The lowest BCUT2D eigenvalue weighted by Crippen LogP contribution is -2.41. The van der Waals surface area contributed by atoms with Gasteiger partial charge in [-0.2, -0.15) is 8.42 Å². The van der Waals surface area contributed by atoms with Crippen molar-refractivity contribution in [1.29, 1.82) is 0 Å². The summed E-state index contributed by atoms with van der Waals surface area (Å²) in [5.41, 5.74) is 1.05. The van der Waals surface area contributed by atoms with Crippen molar-refractivity contribution < 1.29 is 13.2 Å². The Balaban J connectivity index is 1.63. The number of rotatable bonds is 2. The Kier molecular flexibility index (Phi) is 4.97. The normalized spacial score (nSPS) is 27.0. The molecule has 27 heavy (non-hydrogen) atoms. The van der Waals surface area contributed by atoms with E-state index in [-0.39, 0.29) is 16.8 Å². The maximum absolute atomic E-state index is 12.7.